The van der Waals surface area contributed by atoms with E-state index in [1.54, 1.807) is 14.2 Å². The fraction of sp³-hybridized carbons (Fsp3) is 0.750. The Morgan fingerprint density at radius 3 is 2.30 bits per heavy atom. The maximum absolute atomic E-state index is 12.0. The quantitative estimate of drug-likeness (QED) is 0.0614. The number of oxime groups is 2. The van der Waals surface area contributed by atoms with Crippen LogP contribution in [0.3, 0.4) is 0 Å². The van der Waals surface area contributed by atoms with E-state index in [4.69, 9.17) is 18.5 Å². The molecule has 0 aromatic heterocycles. The van der Waals surface area contributed by atoms with Crippen LogP contribution in [0.15, 0.2) is 34.6 Å². The fourth-order valence-corrected chi connectivity index (χ4v) is 6.43. The summed E-state index contributed by atoms with van der Waals surface area (Å²) in [4.78, 5) is 22.3. The van der Waals surface area contributed by atoms with Crippen molar-refractivity contribution in [1.29, 1.82) is 0 Å². The van der Waals surface area contributed by atoms with Crippen molar-refractivity contribution < 1.29 is 23.3 Å². The first-order valence-electron chi connectivity index (χ1n) is 13.8. The first-order valence-corrected chi connectivity index (χ1v) is 20.6. The Bertz CT molecular complexity index is 797. The van der Waals surface area contributed by atoms with Gasteiger partial charge < -0.3 is 18.5 Å². The lowest BCUT2D eigenvalue weighted by molar-refractivity contribution is -0.135. The van der Waals surface area contributed by atoms with Gasteiger partial charge in [0, 0.05) is 24.7 Å². The predicted molar refractivity (Wildman–Crippen MR) is 159 cm³/mol. The molecule has 0 aliphatic heterocycles. The van der Waals surface area contributed by atoms with Gasteiger partial charge in [-0.15, -0.1) is 0 Å². The number of hydrogen-bond acceptors (Lipinski definition) is 7. The number of carbonyl (C=O) groups excluding carboxylic acids is 1. The van der Waals surface area contributed by atoms with Crippen molar-refractivity contribution in [3.05, 3.63) is 24.3 Å². The highest BCUT2D eigenvalue weighted by Crippen LogP contribution is 2.37. The number of nitrogens with zero attached hydrogens (tertiary/aromatic N) is 2. The molecule has 37 heavy (non-hydrogen) atoms. The zero-order valence-corrected chi connectivity index (χ0v) is 26.8. The van der Waals surface area contributed by atoms with Gasteiger partial charge in [-0.3, -0.25) is 4.79 Å². The lowest BCUT2D eigenvalue weighted by atomic mass is 9.90. The van der Waals surface area contributed by atoms with Crippen molar-refractivity contribution in [2.45, 2.75) is 110 Å². The van der Waals surface area contributed by atoms with Gasteiger partial charge in [-0.1, -0.05) is 48.3 Å². The van der Waals surface area contributed by atoms with Crippen LogP contribution in [0, 0.1) is 11.8 Å². The largest absolute Gasteiger partial charge is 0.520 e. The molecular formula is C28H52N2O5Si2. The van der Waals surface area contributed by atoms with E-state index >= 15 is 0 Å². The van der Waals surface area contributed by atoms with Crippen molar-refractivity contribution in [2.24, 2.45) is 22.1 Å². The Morgan fingerprint density at radius 2 is 1.70 bits per heavy atom. The number of allylic oxidation sites excluding steroid dienone is 3. The molecule has 3 atom stereocenters. The summed E-state index contributed by atoms with van der Waals surface area (Å²) in [5.74, 6) is 0.275. The monoisotopic (exact) mass is 552 g/mol. The molecule has 0 aromatic carbocycles. The van der Waals surface area contributed by atoms with Gasteiger partial charge in [0.05, 0.1) is 17.5 Å². The summed E-state index contributed by atoms with van der Waals surface area (Å²) in [5.41, 5.74) is 2.00. The SMILES string of the molecule is CCCCCC(/C=C/[C@H]1[C@H](O[Si](C)(C)C)C/C(=N\OC)[C@@H]1C/C=C\CCCC(=O)O[Si](C)(C)C)=NOC. The number of rotatable bonds is 17. The molecule has 9 heteroatoms. The standard InChI is InChI=1S/C28H52N2O5Si2/c1-10-11-14-17-23(29-32-2)20-21-25-24(26(30-33-3)22-27(25)34-36(4,5)6)18-15-12-13-16-19-28(31)35-37(7,8)9/h12,15,20-21,24-25,27H,10-11,13-14,16-19,22H2,1-9H3/b15-12-,21-20+,29-23?,30-26+/t24-,25-,27-/m1/s1. The van der Waals surface area contributed by atoms with E-state index in [-0.39, 0.29) is 23.9 Å². The van der Waals surface area contributed by atoms with Crippen LogP contribution < -0.4 is 0 Å². The van der Waals surface area contributed by atoms with E-state index in [0.29, 0.717) is 6.42 Å². The maximum atomic E-state index is 12.0. The molecule has 0 amide bonds. The molecule has 1 fully saturated rings. The number of unbranched alkanes of at least 4 members (excludes halogenated alkanes) is 3. The van der Waals surface area contributed by atoms with E-state index in [1.807, 2.05) is 19.6 Å². The number of hydrogen-bond donors (Lipinski definition) is 0. The van der Waals surface area contributed by atoms with Crippen molar-refractivity contribution in [3.8, 4) is 0 Å². The van der Waals surface area contributed by atoms with Crippen molar-refractivity contribution >= 4 is 34.0 Å². The second kappa shape index (κ2) is 17.0. The van der Waals surface area contributed by atoms with Gasteiger partial charge in [0.15, 0.2) is 8.32 Å². The Morgan fingerprint density at radius 1 is 0.973 bits per heavy atom. The minimum absolute atomic E-state index is 0.0611. The van der Waals surface area contributed by atoms with E-state index in [2.05, 4.69) is 61.2 Å². The summed E-state index contributed by atoms with van der Waals surface area (Å²) < 4.78 is 12.2. The highest BCUT2D eigenvalue weighted by Gasteiger charge is 2.41. The molecule has 1 aliphatic rings. The van der Waals surface area contributed by atoms with E-state index < -0.39 is 16.6 Å². The van der Waals surface area contributed by atoms with Gasteiger partial charge in [-0.25, -0.2) is 0 Å². The first kappa shape index (κ1) is 33.3. The molecule has 0 radical (unpaired) electrons. The molecule has 7 nitrogen and oxygen atoms in total. The van der Waals surface area contributed by atoms with Crippen LogP contribution in [0.4, 0.5) is 0 Å². The minimum atomic E-state index is -1.82. The Labute approximate surface area is 228 Å². The van der Waals surface area contributed by atoms with Crippen molar-refractivity contribution in [2.75, 3.05) is 14.2 Å². The van der Waals surface area contributed by atoms with Gasteiger partial charge in [-0.05, 0) is 77.5 Å². The normalized spacial score (nSPS) is 22.4. The first-order chi connectivity index (χ1) is 17.4. The summed E-state index contributed by atoms with van der Waals surface area (Å²) >= 11 is 0. The van der Waals surface area contributed by atoms with E-state index in [1.165, 1.54) is 12.8 Å². The van der Waals surface area contributed by atoms with Crippen LogP contribution in [0.1, 0.15) is 64.7 Å². The molecule has 0 saturated heterocycles. The summed E-state index contributed by atoms with van der Waals surface area (Å²) in [5, 5.41) is 8.67. The topological polar surface area (TPSA) is 78.7 Å². The average molecular weight is 553 g/mol. The van der Waals surface area contributed by atoms with Gasteiger partial charge in [0.25, 0.3) is 5.97 Å². The van der Waals surface area contributed by atoms with Crippen LogP contribution >= 0.6 is 0 Å². The van der Waals surface area contributed by atoms with Crippen molar-refractivity contribution in [1.82, 2.24) is 0 Å². The molecule has 0 spiro atoms. The second-order valence-electron chi connectivity index (χ2n) is 11.7. The summed E-state index contributed by atoms with van der Waals surface area (Å²) in [6.45, 7) is 15.0. The van der Waals surface area contributed by atoms with Crippen LogP contribution in [0.5, 0.6) is 0 Å². The lowest BCUT2D eigenvalue weighted by Gasteiger charge is -2.28. The Balaban J connectivity index is 2.96. The zero-order chi connectivity index (χ0) is 27.9. The highest BCUT2D eigenvalue weighted by molar-refractivity contribution is 6.71. The minimum Gasteiger partial charge on any atom is -0.520 e. The third kappa shape index (κ3) is 14.7. The van der Waals surface area contributed by atoms with Gasteiger partial charge >= 0.3 is 0 Å². The van der Waals surface area contributed by atoms with Crippen LogP contribution in [-0.4, -0.2) is 54.4 Å². The molecule has 0 N–H and O–H groups in total. The third-order valence-electron chi connectivity index (χ3n) is 5.93. The molecule has 1 aliphatic carbocycles. The van der Waals surface area contributed by atoms with E-state index in [9.17, 15) is 4.79 Å². The van der Waals surface area contributed by atoms with Crippen molar-refractivity contribution in [3.63, 3.8) is 0 Å². The third-order valence-corrected chi connectivity index (χ3v) is 7.78. The van der Waals surface area contributed by atoms with Gasteiger partial charge in [-0.2, -0.15) is 0 Å². The average Bonchev–Trinajstić information content (AvgIpc) is 3.07. The second-order valence-corrected chi connectivity index (χ2v) is 20.6. The van der Waals surface area contributed by atoms with Gasteiger partial charge in [0.2, 0.25) is 8.32 Å². The van der Waals surface area contributed by atoms with Gasteiger partial charge in [0.1, 0.15) is 14.2 Å². The van der Waals surface area contributed by atoms with Crippen LogP contribution in [0.2, 0.25) is 39.3 Å². The molecular weight excluding hydrogens is 500 g/mol. The summed E-state index contributed by atoms with van der Waals surface area (Å²) in [6.07, 6.45) is 16.9. The fourth-order valence-electron chi connectivity index (χ4n) is 4.50. The summed E-state index contributed by atoms with van der Waals surface area (Å²) in [7, 11) is -0.376. The molecule has 0 bridgehead atoms. The number of carbonyl (C=O) groups is 1. The highest BCUT2D eigenvalue weighted by atomic mass is 28.4. The maximum Gasteiger partial charge on any atom is 0.292 e. The molecule has 0 unspecified atom stereocenters. The lowest BCUT2D eigenvalue weighted by Crippen LogP contribution is -2.34. The molecule has 212 valence electrons. The Hall–Kier alpha value is -1.72. The van der Waals surface area contributed by atoms with Crippen LogP contribution in [0.25, 0.3) is 0 Å². The Kier molecular flexibility index (Phi) is 15.3. The predicted octanol–water partition coefficient (Wildman–Crippen LogP) is 7.48. The molecule has 1 rings (SSSR count). The molecule has 0 aromatic rings. The van der Waals surface area contributed by atoms with Crippen LogP contribution in [-0.2, 0) is 23.3 Å². The smallest absolute Gasteiger partial charge is 0.292 e. The zero-order valence-electron chi connectivity index (χ0n) is 24.8. The molecule has 1 saturated carbocycles. The summed E-state index contributed by atoms with van der Waals surface area (Å²) in [6, 6.07) is 0. The molecule has 0 heterocycles. The van der Waals surface area contributed by atoms with E-state index in [0.717, 1.165) is 49.9 Å².